The first-order valence-electron chi connectivity index (χ1n) is 3.71. The number of hydrogen-bond acceptors (Lipinski definition) is 4. The van der Waals surface area contributed by atoms with Crippen LogP contribution in [0.25, 0.3) is 0 Å². The molecule has 8 heteroatoms. The Morgan fingerprint density at radius 1 is 1.60 bits per heavy atom. The molecule has 6 nitrogen and oxygen atoms in total. The number of alkyl halides is 2. The van der Waals surface area contributed by atoms with Crippen molar-refractivity contribution in [1.82, 2.24) is 4.98 Å². The second-order valence-electron chi connectivity index (χ2n) is 2.53. The molecule has 1 heterocycles. The fourth-order valence-electron chi connectivity index (χ4n) is 0.971. The third kappa shape index (κ3) is 2.09. The van der Waals surface area contributed by atoms with Crippen LogP contribution in [0.15, 0.2) is 10.9 Å². The minimum absolute atomic E-state index is 0.450. The molecule has 0 atom stereocenters. The van der Waals surface area contributed by atoms with Crippen molar-refractivity contribution in [1.29, 1.82) is 0 Å². The molecule has 1 aromatic heterocycles. The summed E-state index contributed by atoms with van der Waals surface area (Å²) in [5.41, 5.74) is -2.76. The van der Waals surface area contributed by atoms with Gasteiger partial charge in [-0.1, -0.05) is 0 Å². The van der Waals surface area contributed by atoms with Gasteiger partial charge in [0.15, 0.2) is 0 Å². The molecule has 0 aliphatic rings. The molecule has 0 saturated heterocycles. The van der Waals surface area contributed by atoms with Crippen LogP contribution in [0.3, 0.4) is 0 Å². The summed E-state index contributed by atoms with van der Waals surface area (Å²) >= 11 is 0. The molecule has 0 saturated carbocycles. The van der Waals surface area contributed by atoms with Crippen LogP contribution < -0.4 is 10.3 Å². The number of hydrogen-bond donors (Lipinski definition) is 1. The Kier molecular flexibility index (Phi) is 2.98. The molecule has 0 radical (unpaired) electrons. The molecule has 1 aromatic rings. The van der Waals surface area contributed by atoms with Crippen LogP contribution in [0.4, 0.5) is 14.5 Å². The predicted molar refractivity (Wildman–Crippen MR) is 45.2 cm³/mol. The number of nitrogens with zero attached hydrogens (tertiary/aromatic N) is 1. The lowest BCUT2D eigenvalue weighted by molar-refractivity contribution is -0.386. The van der Waals surface area contributed by atoms with Crippen molar-refractivity contribution < 1.29 is 18.4 Å². The zero-order valence-electron chi connectivity index (χ0n) is 7.49. The van der Waals surface area contributed by atoms with Crippen LogP contribution in [0.5, 0.6) is 5.88 Å². The molecule has 0 bridgehead atoms. The number of aromatic nitrogens is 1. The largest absolute Gasteiger partial charge is 0.477 e. The molecule has 15 heavy (non-hydrogen) atoms. The second kappa shape index (κ2) is 4.03. The number of ether oxygens (including phenoxy) is 1. The van der Waals surface area contributed by atoms with Gasteiger partial charge in [0.2, 0.25) is 0 Å². The molecule has 0 aliphatic carbocycles. The highest BCUT2D eigenvalue weighted by atomic mass is 19.3. The third-order valence-electron chi connectivity index (χ3n) is 1.65. The van der Waals surface area contributed by atoms with Crippen LogP contribution in [0.2, 0.25) is 0 Å². The number of pyridine rings is 1. The van der Waals surface area contributed by atoms with Gasteiger partial charge in [-0.2, -0.15) is 0 Å². The van der Waals surface area contributed by atoms with E-state index in [1.54, 1.807) is 0 Å². The van der Waals surface area contributed by atoms with Crippen molar-refractivity contribution in [2.24, 2.45) is 0 Å². The molecule has 0 spiro atoms. The average molecular weight is 220 g/mol. The van der Waals surface area contributed by atoms with Crippen LogP contribution in [0.1, 0.15) is 12.0 Å². The van der Waals surface area contributed by atoms with Gasteiger partial charge in [-0.15, -0.1) is 0 Å². The average Bonchev–Trinajstić information content (AvgIpc) is 2.16. The molecule has 0 amide bonds. The van der Waals surface area contributed by atoms with E-state index in [1.807, 2.05) is 4.98 Å². The van der Waals surface area contributed by atoms with Gasteiger partial charge in [0.1, 0.15) is 0 Å². The summed E-state index contributed by atoms with van der Waals surface area (Å²) in [4.78, 5) is 22.3. The van der Waals surface area contributed by atoms with Crippen LogP contribution >= 0.6 is 0 Å². The van der Waals surface area contributed by atoms with Crippen LogP contribution in [0, 0.1) is 10.1 Å². The maximum Gasteiger partial charge on any atom is 0.329 e. The molecular formula is C7H6F2N2O4. The van der Waals surface area contributed by atoms with E-state index >= 15 is 0 Å². The number of H-pyrrole nitrogens is 1. The molecule has 0 fully saturated rings. The standard InChI is InChI=1S/C7H6F2N2O4/c1-15-7-4(11(13)14)2-3(5(8)9)6(12)10-7/h2,5H,1H3,(H,10,12). The van der Waals surface area contributed by atoms with Gasteiger partial charge in [-0.3, -0.25) is 19.9 Å². The first-order valence-corrected chi connectivity index (χ1v) is 3.71. The van der Waals surface area contributed by atoms with Crippen molar-refractivity contribution in [3.05, 3.63) is 32.1 Å². The molecular weight excluding hydrogens is 214 g/mol. The first kappa shape index (κ1) is 11.1. The highest BCUT2D eigenvalue weighted by Crippen LogP contribution is 2.26. The Morgan fingerprint density at radius 2 is 2.20 bits per heavy atom. The van der Waals surface area contributed by atoms with E-state index in [1.165, 1.54) is 0 Å². The van der Waals surface area contributed by atoms with Crippen LogP contribution in [-0.4, -0.2) is 17.0 Å². The monoisotopic (exact) mass is 220 g/mol. The van der Waals surface area contributed by atoms with E-state index < -0.39 is 34.0 Å². The quantitative estimate of drug-likeness (QED) is 0.613. The smallest absolute Gasteiger partial charge is 0.329 e. The summed E-state index contributed by atoms with van der Waals surface area (Å²) in [7, 11) is 1.08. The van der Waals surface area contributed by atoms with Crippen molar-refractivity contribution in [2.75, 3.05) is 7.11 Å². The van der Waals surface area contributed by atoms with Gasteiger partial charge in [-0.25, -0.2) is 8.78 Å². The summed E-state index contributed by atoms with van der Waals surface area (Å²) in [6.45, 7) is 0. The number of methoxy groups -OCH3 is 1. The summed E-state index contributed by atoms with van der Waals surface area (Å²) in [5, 5.41) is 10.4. The SMILES string of the molecule is COc1[nH]c(=O)c(C(F)F)cc1[N+](=O)[O-]. The van der Waals surface area contributed by atoms with Gasteiger partial charge in [0.05, 0.1) is 17.6 Å². The van der Waals surface area contributed by atoms with E-state index in [2.05, 4.69) is 4.74 Å². The first-order chi connectivity index (χ1) is 6.97. The Labute approximate surface area is 81.6 Å². The highest BCUT2D eigenvalue weighted by Gasteiger charge is 2.22. The number of nitrogens with one attached hydrogen (secondary N) is 1. The third-order valence-corrected chi connectivity index (χ3v) is 1.65. The van der Waals surface area contributed by atoms with Crippen molar-refractivity contribution in [2.45, 2.75) is 6.43 Å². The maximum absolute atomic E-state index is 12.2. The summed E-state index contributed by atoms with van der Waals surface area (Å²) in [6, 6.07) is 0.502. The zero-order chi connectivity index (χ0) is 11.6. The minimum Gasteiger partial charge on any atom is -0.477 e. The summed E-state index contributed by atoms with van der Waals surface area (Å²) in [5.74, 6) is -0.450. The minimum atomic E-state index is -3.07. The van der Waals surface area contributed by atoms with Gasteiger partial charge in [0.25, 0.3) is 17.9 Å². The zero-order valence-corrected chi connectivity index (χ0v) is 7.49. The Hall–Kier alpha value is -1.99. The van der Waals surface area contributed by atoms with Gasteiger partial charge in [0, 0.05) is 6.07 Å². The number of nitro groups is 1. The van der Waals surface area contributed by atoms with Gasteiger partial charge < -0.3 is 4.74 Å². The number of halogens is 2. The van der Waals surface area contributed by atoms with Crippen LogP contribution in [-0.2, 0) is 0 Å². The van der Waals surface area contributed by atoms with E-state index in [-0.39, 0.29) is 0 Å². The fourth-order valence-corrected chi connectivity index (χ4v) is 0.971. The van der Waals surface area contributed by atoms with E-state index in [9.17, 15) is 23.7 Å². The molecule has 1 rings (SSSR count). The number of rotatable bonds is 3. The molecule has 0 aliphatic heterocycles. The van der Waals surface area contributed by atoms with Crippen molar-refractivity contribution in [3.63, 3.8) is 0 Å². The van der Waals surface area contributed by atoms with E-state index in [4.69, 9.17) is 0 Å². The molecule has 0 unspecified atom stereocenters. The lowest BCUT2D eigenvalue weighted by Crippen LogP contribution is -2.15. The molecule has 0 aromatic carbocycles. The summed E-state index contributed by atoms with van der Waals surface area (Å²) < 4.78 is 28.9. The van der Waals surface area contributed by atoms with E-state index in [0.717, 1.165) is 7.11 Å². The van der Waals surface area contributed by atoms with Crippen molar-refractivity contribution in [3.8, 4) is 5.88 Å². The predicted octanol–water partition coefficient (Wildman–Crippen LogP) is 1.23. The topological polar surface area (TPSA) is 85.2 Å². The Balaban J connectivity index is 3.44. The Morgan fingerprint density at radius 3 is 2.60 bits per heavy atom. The Bertz CT molecular complexity index is 443. The normalized spacial score (nSPS) is 10.4. The van der Waals surface area contributed by atoms with Crippen molar-refractivity contribution >= 4 is 5.69 Å². The van der Waals surface area contributed by atoms with E-state index in [0.29, 0.717) is 6.07 Å². The lowest BCUT2D eigenvalue weighted by Gasteiger charge is -2.03. The number of aromatic amines is 1. The van der Waals surface area contributed by atoms with Gasteiger partial charge in [-0.05, 0) is 0 Å². The second-order valence-corrected chi connectivity index (χ2v) is 2.53. The molecule has 1 N–H and O–H groups in total. The van der Waals surface area contributed by atoms with Gasteiger partial charge >= 0.3 is 5.69 Å². The fraction of sp³-hybridized carbons (Fsp3) is 0.286. The lowest BCUT2D eigenvalue weighted by atomic mass is 10.2. The highest BCUT2D eigenvalue weighted by molar-refractivity contribution is 5.43. The summed E-state index contributed by atoms with van der Waals surface area (Å²) in [6.07, 6.45) is -3.07. The molecule has 82 valence electrons. The maximum atomic E-state index is 12.2.